The fraction of sp³-hybridized carbons (Fsp3) is 0.286. The number of hydrogen-bond donors (Lipinski definition) is 1. The van der Waals surface area contributed by atoms with Gasteiger partial charge in [0.25, 0.3) is 0 Å². The third kappa shape index (κ3) is 4.49. The molecule has 0 spiro atoms. The van der Waals surface area contributed by atoms with E-state index in [-0.39, 0.29) is 0 Å². The number of nitrogens with one attached hydrogen (secondary N) is 1. The van der Waals surface area contributed by atoms with E-state index in [0.29, 0.717) is 0 Å². The van der Waals surface area contributed by atoms with E-state index in [1.54, 1.807) is 0 Å². The molecule has 15 heavy (non-hydrogen) atoms. The van der Waals surface area contributed by atoms with Crippen LogP contribution in [0.2, 0.25) is 0 Å². The maximum Gasteiger partial charge on any atom is 0.0214 e. The lowest BCUT2D eigenvalue weighted by atomic mass is 10.1. The van der Waals surface area contributed by atoms with Gasteiger partial charge in [-0.25, -0.2) is 0 Å². The van der Waals surface area contributed by atoms with Gasteiger partial charge in [-0.2, -0.15) is 0 Å². The second-order valence-electron chi connectivity index (χ2n) is 3.32. The van der Waals surface area contributed by atoms with Crippen molar-refractivity contribution in [3.05, 3.63) is 42.5 Å². The smallest absolute Gasteiger partial charge is 0.0214 e. The zero-order valence-corrected chi connectivity index (χ0v) is 9.22. The van der Waals surface area contributed by atoms with E-state index in [1.165, 1.54) is 5.56 Å². The lowest BCUT2D eigenvalue weighted by Crippen LogP contribution is -2.17. The van der Waals surface area contributed by atoms with Crippen molar-refractivity contribution in [2.24, 2.45) is 0 Å². The van der Waals surface area contributed by atoms with Gasteiger partial charge in [0.05, 0.1) is 0 Å². The SMILES string of the molecule is C=C(CNCCC#CC)c1ccccc1. The summed E-state index contributed by atoms with van der Waals surface area (Å²) in [6, 6.07) is 10.2. The third-order valence-corrected chi connectivity index (χ3v) is 2.12. The average Bonchev–Trinajstić information content (AvgIpc) is 2.30. The van der Waals surface area contributed by atoms with E-state index in [2.05, 4.69) is 35.9 Å². The molecular weight excluding hydrogens is 182 g/mol. The summed E-state index contributed by atoms with van der Waals surface area (Å²) < 4.78 is 0. The van der Waals surface area contributed by atoms with Crippen molar-refractivity contribution >= 4 is 5.57 Å². The minimum absolute atomic E-state index is 0.829. The molecule has 0 amide bonds. The van der Waals surface area contributed by atoms with Crippen LogP contribution < -0.4 is 5.32 Å². The molecule has 0 aromatic heterocycles. The van der Waals surface area contributed by atoms with Crippen molar-refractivity contribution in [2.45, 2.75) is 13.3 Å². The van der Waals surface area contributed by atoms with Crippen LogP contribution >= 0.6 is 0 Å². The zero-order chi connectivity index (χ0) is 10.9. The van der Waals surface area contributed by atoms with Crippen LogP contribution in [-0.4, -0.2) is 13.1 Å². The third-order valence-electron chi connectivity index (χ3n) is 2.12. The first kappa shape index (κ1) is 11.6. The highest BCUT2D eigenvalue weighted by Gasteiger charge is 1.95. The molecule has 0 unspecified atom stereocenters. The van der Waals surface area contributed by atoms with Crippen molar-refractivity contribution < 1.29 is 0 Å². The summed E-state index contributed by atoms with van der Waals surface area (Å²) in [5, 5.41) is 3.32. The highest BCUT2D eigenvalue weighted by molar-refractivity contribution is 5.64. The molecule has 0 bridgehead atoms. The molecule has 1 heteroatoms. The van der Waals surface area contributed by atoms with Crippen molar-refractivity contribution in [3.8, 4) is 11.8 Å². The topological polar surface area (TPSA) is 12.0 Å². The molecular formula is C14H17N. The predicted molar refractivity (Wildman–Crippen MR) is 66.4 cm³/mol. The predicted octanol–water partition coefficient (Wildman–Crippen LogP) is 2.70. The molecule has 78 valence electrons. The summed E-state index contributed by atoms with van der Waals surface area (Å²) in [6.07, 6.45) is 0.901. The van der Waals surface area contributed by atoms with E-state index in [9.17, 15) is 0 Å². The molecule has 0 saturated carbocycles. The van der Waals surface area contributed by atoms with Crippen LogP contribution in [-0.2, 0) is 0 Å². The first-order valence-corrected chi connectivity index (χ1v) is 5.18. The van der Waals surface area contributed by atoms with Crippen molar-refractivity contribution in [2.75, 3.05) is 13.1 Å². The fourth-order valence-electron chi connectivity index (χ4n) is 1.29. The minimum Gasteiger partial charge on any atom is -0.312 e. The van der Waals surface area contributed by atoms with Gasteiger partial charge >= 0.3 is 0 Å². The number of rotatable bonds is 5. The molecule has 0 fully saturated rings. The Morgan fingerprint density at radius 1 is 1.33 bits per heavy atom. The first-order chi connectivity index (χ1) is 7.34. The highest BCUT2D eigenvalue weighted by Crippen LogP contribution is 2.09. The number of hydrogen-bond acceptors (Lipinski definition) is 1. The van der Waals surface area contributed by atoms with E-state index in [4.69, 9.17) is 0 Å². The maximum absolute atomic E-state index is 4.04. The van der Waals surface area contributed by atoms with Gasteiger partial charge < -0.3 is 5.32 Å². The molecule has 1 N–H and O–H groups in total. The van der Waals surface area contributed by atoms with Gasteiger partial charge in [0.2, 0.25) is 0 Å². The lowest BCUT2D eigenvalue weighted by molar-refractivity contribution is 0.772. The van der Waals surface area contributed by atoms with Crippen LogP contribution in [0.3, 0.4) is 0 Å². The normalized spacial score (nSPS) is 9.13. The Bertz CT molecular complexity index is 354. The maximum atomic E-state index is 4.04. The summed E-state index contributed by atoms with van der Waals surface area (Å²) in [4.78, 5) is 0. The van der Waals surface area contributed by atoms with E-state index in [1.807, 2.05) is 25.1 Å². The standard InChI is InChI=1S/C14H17N/c1-3-4-8-11-15-12-13(2)14-9-6-5-7-10-14/h5-7,9-10,15H,2,8,11-12H2,1H3. The summed E-state index contributed by atoms with van der Waals surface area (Å²) in [5.41, 5.74) is 2.33. The molecule has 0 radical (unpaired) electrons. The second kappa shape index (κ2) is 6.86. The van der Waals surface area contributed by atoms with Crippen LogP contribution in [0.5, 0.6) is 0 Å². The number of benzene rings is 1. The molecule has 0 heterocycles. The Hall–Kier alpha value is -1.52. The Kier molecular flexibility index (Phi) is 5.29. The van der Waals surface area contributed by atoms with Crippen LogP contribution in [0.15, 0.2) is 36.9 Å². The second-order valence-corrected chi connectivity index (χ2v) is 3.32. The van der Waals surface area contributed by atoms with E-state index < -0.39 is 0 Å². The minimum atomic E-state index is 0.829. The van der Waals surface area contributed by atoms with Crippen LogP contribution in [0.25, 0.3) is 5.57 Å². The summed E-state index contributed by atoms with van der Waals surface area (Å²) in [6.45, 7) is 7.66. The van der Waals surface area contributed by atoms with Crippen LogP contribution in [0, 0.1) is 11.8 Å². The monoisotopic (exact) mass is 199 g/mol. The van der Waals surface area contributed by atoms with Crippen molar-refractivity contribution in [3.63, 3.8) is 0 Å². The van der Waals surface area contributed by atoms with Crippen LogP contribution in [0.1, 0.15) is 18.9 Å². The van der Waals surface area contributed by atoms with Crippen LogP contribution in [0.4, 0.5) is 0 Å². The highest BCUT2D eigenvalue weighted by atomic mass is 14.8. The quantitative estimate of drug-likeness (QED) is 0.568. The van der Waals surface area contributed by atoms with Gasteiger partial charge in [0.15, 0.2) is 0 Å². The summed E-state index contributed by atoms with van der Waals surface area (Å²) >= 11 is 0. The lowest BCUT2D eigenvalue weighted by Gasteiger charge is -2.06. The van der Waals surface area contributed by atoms with Gasteiger partial charge in [0, 0.05) is 19.5 Å². The Morgan fingerprint density at radius 3 is 2.73 bits per heavy atom. The van der Waals surface area contributed by atoms with Gasteiger partial charge in [-0.1, -0.05) is 36.9 Å². The molecule has 0 aliphatic carbocycles. The van der Waals surface area contributed by atoms with Crippen molar-refractivity contribution in [1.29, 1.82) is 0 Å². The van der Waals surface area contributed by atoms with Crippen molar-refractivity contribution in [1.82, 2.24) is 5.32 Å². The zero-order valence-electron chi connectivity index (χ0n) is 9.22. The summed E-state index contributed by atoms with van der Waals surface area (Å²) in [5.74, 6) is 5.89. The molecule has 0 saturated heterocycles. The molecule has 0 aliphatic rings. The van der Waals surface area contributed by atoms with Gasteiger partial charge in [-0.15, -0.1) is 11.8 Å². The van der Waals surface area contributed by atoms with Gasteiger partial charge in [-0.3, -0.25) is 0 Å². The van der Waals surface area contributed by atoms with Gasteiger partial charge in [-0.05, 0) is 18.1 Å². The Morgan fingerprint density at radius 2 is 2.07 bits per heavy atom. The molecule has 1 aromatic rings. The average molecular weight is 199 g/mol. The summed E-state index contributed by atoms with van der Waals surface area (Å²) in [7, 11) is 0. The molecule has 0 atom stereocenters. The molecule has 1 rings (SSSR count). The fourth-order valence-corrected chi connectivity index (χ4v) is 1.29. The van der Waals surface area contributed by atoms with E-state index in [0.717, 1.165) is 25.1 Å². The molecule has 1 nitrogen and oxygen atoms in total. The van der Waals surface area contributed by atoms with Gasteiger partial charge in [0.1, 0.15) is 0 Å². The van der Waals surface area contributed by atoms with E-state index >= 15 is 0 Å². The largest absolute Gasteiger partial charge is 0.312 e. The molecule has 1 aromatic carbocycles. The molecule has 0 aliphatic heterocycles. The first-order valence-electron chi connectivity index (χ1n) is 5.18. The Labute approximate surface area is 92.2 Å². The Balaban J connectivity index is 2.27.